The van der Waals surface area contributed by atoms with Crippen molar-refractivity contribution >= 4 is 0 Å². The number of nitrogens with zero attached hydrogens (tertiary/aromatic N) is 1. The summed E-state index contributed by atoms with van der Waals surface area (Å²) >= 11 is 0. The maximum absolute atomic E-state index is 5.91. The number of nitrogens with one attached hydrogen (secondary N) is 1. The first-order chi connectivity index (χ1) is 12.6. The molecule has 3 aromatic rings. The van der Waals surface area contributed by atoms with E-state index in [0.29, 0.717) is 18.5 Å². The van der Waals surface area contributed by atoms with Gasteiger partial charge in [0.05, 0.1) is 0 Å². The van der Waals surface area contributed by atoms with E-state index in [0.717, 1.165) is 12.1 Å². The Hall–Kier alpha value is -2.65. The molecule has 3 heteroatoms. The number of hydrogen-bond acceptors (Lipinski definition) is 3. The number of aromatic nitrogens is 1. The summed E-state index contributed by atoms with van der Waals surface area (Å²) in [6.45, 7) is 7.76. The van der Waals surface area contributed by atoms with Crippen molar-refractivity contribution < 1.29 is 4.74 Å². The normalized spacial score (nSPS) is 10.9. The SMILES string of the molecule is Cc1c(COc2ccc(CNC(C)C)cn2)cccc1-c1ccccc1. The Kier molecular flexibility index (Phi) is 6.03. The van der Waals surface area contributed by atoms with E-state index < -0.39 is 0 Å². The van der Waals surface area contributed by atoms with E-state index in [1.807, 2.05) is 18.3 Å². The predicted octanol–water partition coefficient (Wildman–Crippen LogP) is 5.13. The van der Waals surface area contributed by atoms with Crippen LogP contribution in [-0.4, -0.2) is 11.0 Å². The molecule has 2 aromatic carbocycles. The molecule has 0 atom stereocenters. The molecule has 0 amide bonds. The van der Waals surface area contributed by atoms with E-state index in [-0.39, 0.29) is 0 Å². The lowest BCUT2D eigenvalue weighted by atomic mass is 9.97. The van der Waals surface area contributed by atoms with E-state index in [4.69, 9.17) is 4.74 Å². The van der Waals surface area contributed by atoms with Crippen LogP contribution in [0.3, 0.4) is 0 Å². The molecular formula is C23H26N2O. The minimum Gasteiger partial charge on any atom is -0.473 e. The Labute approximate surface area is 156 Å². The number of hydrogen-bond donors (Lipinski definition) is 1. The highest BCUT2D eigenvalue weighted by atomic mass is 16.5. The van der Waals surface area contributed by atoms with E-state index in [2.05, 4.69) is 79.6 Å². The molecule has 3 nitrogen and oxygen atoms in total. The van der Waals surface area contributed by atoms with Crippen LogP contribution in [0.15, 0.2) is 66.9 Å². The second-order valence-corrected chi connectivity index (χ2v) is 6.78. The molecule has 0 fully saturated rings. The Balaban J connectivity index is 1.67. The summed E-state index contributed by atoms with van der Waals surface area (Å²) in [7, 11) is 0. The van der Waals surface area contributed by atoms with Gasteiger partial charge in [-0.3, -0.25) is 0 Å². The predicted molar refractivity (Wildman–Crippen MR) is 107 cm³/mol. The van der Waals surface area contributed by atoms with Gasteiger partial charge >= 0.3 is 0 Å². The van der Waals surface area contributed by atoms with E-state index in [1.165, 1.54) is 22.3 Å². The molecule has 0 aliphatic rings. The maximum atomic E-state index is 5.91. The van der Waals surface area contributed by atoms with Crippen molar-refractivity contribution in [3.05, 3.63) is 83.6 Å². The van der Waals surface area contributed by atoms with Gasteiger partial charge in [0, 0.05) is 24.8 Å². The van der Waals surface area contributed by atoms with Crippen LogP contribution in [0.5, 0.6) is 5.88 Å². The van der Waals surface area contributed by atoms with Crippen molar-refractivity contribution in [3.8, 4) is 17.0 Å². The Morgan fingerprint density at radius 3 is 2.46 bits per heavy atom. The van der Waals surface area contributed by atoms with Crippen molar-refractivity contribution in [1.82, 2.24) is 10.3 Å². The second-order valence-electron chi connectivity index (χ2n) is 6.78. The highest BCUT2D eigenvalue weighted by Crippen LogP contribution is 2.26. The second kappa shape index (κ2) is 8.63. The standard InChI is InChI=1S/C23H26N2O/c1-17(2)24-14-19-12-13-23(25-15-19)26-16-21-10-7-11-22(18(21)3)20-8-5-4-6-9-20/h4-13,15,17,24H,14,16H2,1-3H3. The first-order valence-corrected chi connectivity index (χ1v) is 9.08. The average Bonchev–Trinajstić information content (AvgIpc) is 2.67. The van der Waals surface area contributed by atoms with Gasteiger partial charge in [-0.25, -0.2) is 4.98 Å². The fraction of sp³-hybridized carbons (Fsp3) is 0.261. The van der Waals surface area contributed by atoms with Crippen LogP contribution in [0.25, 0.3) is 11.1 Å². The van der Waals surface area contributed by atoms with Gasteiger partial charge in [0.2, 0.25) is 5.88 Å². The van der Waals surface area contributed by atoms with Crippen molar-refractivity contribution in [3.63, 3.8) is 0 Å². The topological polar surface area (TPSA) is 34.1 Å². The molecule has 0 bridgehead atoms. The highest BCUT2D eigenvalue weighted by molar-refractivity contribution is 5.68. The van der Waals surface area contributed by atoms with E-state index >= 15 is 0 Å². The Bertz CT molecular complexity index is 827. The molecule has 0 radical (unpaired) electrons. The fourth-order valence-corrected chi connectivity index (χ4v) is 2.84. The van der Waals surface area contributed by atoms with E-state index in [9.17, 15) is 0 Å². The first-order valence-electron chi connectivity index (χ1n) is 9.08. The molecule has 1 N–H and O–H groups in total. The highest BCUT2D eigenvalue weighted by Gasteiger charge is 2.07. The Morgan fingerprint density at radius 1 is 0.962 bits per heavy atom. The number of benzene rings is 2. The van der Waals surface area contributed by atoms with Gasteiger partial charge in [-0.1, -0.05) is 68.4 Å². The van der Waals surface area contributed by atoms with Crippen molar-refractivity contribution in [1.29, 1.82) is 0 Å². The minimum atomic E-state index is 0.464. The van der Waals surface area contributed by atoms with Gasteiger partial charge in [0.1, 0.15) is 6.61 Å². The van der Waals surface area contributed by atoms with Crippen LogP contribution in [0, 0.1) is 6.92 Å². The van der Waals surface area contributed by atoms with Gasteiger partial charge in [0.15, 0.2) is 0 Å². The minimum absolute atomic E-state index is 0.464. The third-order valence-corrected chi connectivity index (χ3v) is 4.42. The molecule has 3 rings (SSSR count). The molecule has 0 aliphatic heterocycles. The average molecular weight is 346 g/mol. The van der Waals surface area contributed by atoms with Gasteiger partial charge in [-0.05, 0) is 34.7 Å². The first kappa shape index (κ1) is 18.2. The molecule has 1 heterocycles. The monoisotopic (exact) mass is 346 g/mol. The lowest BCUT2D eigenvalue weighted by molar-refractivity contribution is 0.293. The summed E-state index contributed by atoms with van der Waals surface area (Å²) < 4.78 is 5.91. The third kappa shape index (κ3) is 4.70. The molecule has 0 saturated carbocycles. The quantitative estimate of drug-likeness (QED) is 0.643. The van der Waals surface area contributed by atoms with Crippen LogP contribution in [-0.2, 0) is 13.2 Å². The molecule has 0 saturated heterocycles. The molecule has 134 valence electrons. The summed E-state index contributed by atoms with van der Waals surface area (Å²) in [5, 5.41) is 3.39. The zero-order valence-electron chi connectivity index (χ0n) is 15.7. The molecule has 0 unspecified atom stereocenters. The van der Waals surface area contributed by atoms with Crippen LogP contribution >= 0.6 is 0 Å². The van der Waals surface area contributed by atoms with Crippen molar-refractivity contribution in [2.45, 2.75) is 40.0 Å². The summed E-state index contributed by atoms with van der Waals surface area (Å²) in [5.41, 5.74) is 6.06. The smallest absolute Gasteiger partial charge is 0.213 e. The summed E-state index contributed by atoms with van der Waals surface area (Å²) in [6.07, 6.45) is 1.87. The Morgan fingerprint density at radius 2 is 1.77 bits per heavy atom. The summed E-state index contributed by atoms with van der Waals surface area (Å²) in [6, 6.07) is 21.3. The van der Waals surface area contributed by atoms with Crippen LogP contribution in [0.2, 0.25) is 0 Å². The van der Waals surface area contributed by atoms with Crippen molar-refractivity contribution in [2.24, 2.45) is 0 Å². The fourth-order valence-electron chi connectivity index (χ4n) is 2.84. The lowest BCUT2D eigenvalue weighted by Gasteiger charge is -2.13. The van der Waals surface area contributed by atoms with Gasteiger partial charge < -0.3 is 10.1 Å². The zero-order valence-corrected chi connectivity index (χ0v) is 15.7. The molecule has 26 heavy (non-hydrogen) atoms. The van der Waals surface area contributed by atoms with Crippen molar-refractivity contribution in [2.75, 3.05) is 0 Å². The van der Waals surface area contributed by atoms with E-state index in [1.54, 1.807) is 0 Å². The summed E-state index contributed by atoms with van der Waals surface area (Å²) in [5.74, 6) is 0.655. The lowest BCUT2D eigenvalue weighted by Crippen LogP contribution is -2.21. The van der Waals surface area contributed by atoms with Gasteiger partial charge in [-0.15, -0.1) is 0 Å². The number of ether oxygens (including phenoxy) is 1. The molecule has 0 aliphatic carbocycles. The zero-order chi connectivity index (χ0) is 18.4. The number of rotatable bonds is 7. The summed E-state index contributed by atoms with van der Waals surface area (Å²) in [4.78, 5) is 4.42. The largest absolute Gasteiger partial charge is 0.473 e. The third-order valence-electron chi connectivity index (χ3n) is 4.42. The van der Waals surface area contributed by atoms with Crippen LogP contribution in [0.1, 0.15) is 30.5 Å². The molecule has 0 spiro atoms. The van der Waals surface area contributed by atoms with Crippen LogP contribution in [0.4, 0.5) is 0 Å². The van der Waals surface area contributed by atoms with Crippen LogP contribution < -0.4 is 10.1 Å². The number of pyridine rings is 1. The maximum Gasteiger partial charge on any atom is 0.213 e. The van der Waals surface area contributed by atoms with Gasteiger partial charge in [0.25, 0.3) is 0 Å². The molecule has 1 aromatic heterocycles. The molecular weight excluding hydrogens is 320 g/mol. The van der Waals surface area contributed by atoms with Gasteiger partial charge in [-0.2, -0.15) is 0 Å².